The molecule has 0 aromatic heterocycles. The van der Waals surface area contributed by atoms with Crippen molar-refractivity contribution >= 4 is 15.9 Å². The molecule has 2 nitrogen and oxygen atoms in total. The first kappa shape index (κ1) is 9.99. The van der Waals surface area contributed by atoms with Crippen molar-refractivity contribution in [2.75, 3.05) is 13.1 Å². The number of hydrogen-bond acceptors (Lipinski definition) is 2. The minimum Gasteiger partial charge on any atom is -0.489 e. The van der Waals surface area contributed by atoms with Crippen molar-refractivity contribution in [2.24, 2.45) is 0 Å². The molecule has 1 aromatic carbocycles. The summed E-state index contributed by atoms with van der Waals surface area (Å²) < 4.78 is 6.92. The van der Waals surface area contributed by atoms with Crippen LogP contribution in [0.2, 0.25) is 0 Å². The lowest BCUT2D eigenvalue weighted by molar-refractivity contribution is 0.167. The number of benzene rings is 1. The van der Waals surface area contributed by atoms with Crippen LogP contribution < -0.4 is 10.1 Å². The van der Waals surface area contributed by atoms with Gasteiger partial charge in [0.15, 0.2) is 0 Å². The first-order valence-electron chi connectivity index (χ1n) is 4.97. The Bertz CT molecular complexity index is 280. The summed E-state index contributed by atoms with van der Waals surface area (Å²) in [5.74, 6) is 0.960. The summed E-state index contributed by atoms with van der Waals surface area (Å²) in [6.07, 6.45) is 2.70. The highest BCUT2D eigenvalue weighted by molar-refractivity contribution is 9.10. The Morgan fingerprint density at radius 1 is 1.29 bits per heavy atom. The molecule has 0 spiro atoms. The Labute approximate surface area is 92.8 Å². The summed E-state index contributed by atoms with van der Waals surface area (Å²) in [5.41, 5.74) is 0. The fourth-order valence-corrected chi connectivity index (χ4v) is 1.89. The summed E-state index contributed by atoms with van der Waals surface area (Å²) in [6, 6.07) is 8.01. The molecular weight excluding hydrogens is 242 g/mol. The van der Waals surface area contributed by atoms with Crippen molar-refractivity contribution in [3.63, 3.8) is 0 Å². The average Bonchev–Trinajstić information content (AvgIpc) is 2.23. The van der Waals surface area contributed by atoms with Gasteiger partial charge in [0.2, 0.25) is 0 Å². The molecule has 3 heteroatoms. The number of ether oxygens (including phenoxy) is 1. The van der Waals surface area contributed by atoms with Gasteiger partial charge in [-0.15, -0.1) is 0 Å². The van der Waals surface area contributed by atoms with Crippen molar-refractivity contribution in [1.82, 2.24) is 5.32 Å². The smallest absolute Gasteiger partial charge is 0.119 e. The average molecular weight is 256 g/mol. The van der Waals surface area contributed by atoms with E-state index in [0.717, 1.165) is 29.7 Å². The van der Waals surface area contributed by atoms with Crippen LogP contribution in [0.3, 0.4) is 0 Å². The van der Waals surface area contributed by atoms with E-state index in [2.05, 4.69) is 21.2 Å². The second kappa shape index (κ2) is 4.80. The Balaban J connectivity index is 1.92. The van der Waals surface area contributed by atoms with Crippen LogP contribution in [0, 0.1) is 0 Å². The van der Waals surface area contributed by atoms with E-state index >= 15 is 0 Å². The maximum absolute atomic E-state index is 5.83. The molecule has 2 rings (SSSR count). The summed E-state index contributed by atoms with van der Waals surface area (Å²) in [4.78, 5) is 0. The first-order valence-corrected chi connectivity index (χ1v) is 5.77. The van der Waals surface area contributed by atoms with Gasteiger partial charge < -0.3 is 10.1 Å². The Morgan fingerprint density at radius 2 is 2.07 bits per heavy atom. The predicted octanol–water partition coefficient (Wildman–Crippen LogP) is 2.58. The largest absolute Gasteiger partial charge is 0.489 e. The molecule has 76 valence electrons. The molecule has 0 saturated carbocycles. The maximum atomic E-state index is 5.83. The second-order valence-corrected chi connectivity index (χ2v) is 4.46. The highest BCUT2D eigenvalue weighted by Crippen LogP contribution is 2.18. The van der Waals surface area contributed by atoms with Crippen LogP contribution >= 0.6 is 15.9 Å². The predicted molar refractivity (Wildman–Crippen MR) is 60.7 cm³/mol. The molecule has 1 atom stereocenters. The van der Waals surface area contributed by atoms with Gasteiger partial charge in [-0.3, -0.25) is 0 Å². The summed E-state index contributed by atoms with van der Waals surface area (Å²) in [7, 11) is 0. The maximum Gasteiger partial charge on any atom is 0.119 e. The van der Waals surface area contributed by atoms with E-state index in [-0.39, 0.29) is 0 Å². The lowest BCUT2D eigenvalue weighted by Gasteiger charge is -2.23. The fraction of sp³-hybridized carbons (Fsp3) is 0.455. The van der Waals surface area contributed by atoms with Crippen LogP contribution in [-0.2, 0) is 0 Å². The monoisotopic (exact) mass is 255 g/mol. The lowest BCUT2D eigenvalue weighted by atomic mass is 10.1. The quantitative estimate of drug-likeness (QED) is 0.878. The first-order chi connectivity index (χ1) is 6.84. The Morgan fingerprint density at radius 3 is 2.71 bits per heavy atom. The molecule has 1 saturated heterocycles. The number of hydrogen-bond donors (Lipinski definition) is 1. The SMILES string of the molecule is Brc1ccc(OC2CCCNC2)cc1. The molecule has 1 fully saturated rings. The van der Waals surface area contributed by atoms with Crippen molar-refractivity contribution in [1.29, 1.82) is 0 Å². The van der Waals surface area contributed by atoms with Gasteiger partial charge in [-0.2, -0.15) is 0 Å². The van der Waals surface area contributed by atoms with E-state index in [4.69, 9.17) is 4.74 Å². The second-order valence-electron chi connectivity index (χ2n) is 3.54. The van der Waals surface area contributed by atoms with Gasteiger partial charge in [-0.25, -0.2) is 0 Å². The lowest BCUT2D eigenvalue weighted by Crippen LogP contribution is -2.37. The van der Waals surface area contributed by atoms with Gasteiger partial charge in [0.25, 0.3) is 0 Å². The normalized spacial score (nSPS) is 21.9. The van der Waals surface area contributed by atoms with Crippen LogP contribution in [0.4, 0.5) is 0 Å². The molecule has 1 aromatic rings. The van der Waals surface area contributed by atoms with Crippen molar-refractivity contribution < 1.29 is 4.74 Å². The molecule has 0 aliphatic carbocycles. The molecule has 0 radical (unpaired) electrons. The minimum absolute atomic E-state index is 0.338. The molecule has 1 unspecified atom stereocenters. The third-order valence-electron chi connectivity index (χ3n) is 2.37. The van der Waals surface area contributed by atoms with Crippen LogP contribution in [0.15, 0.2) is 28.7 Å². The molecule has 0 amide bonds. The van der Waals surface area contributed by atoms with Crippen LogP contribution in [0.25, 0.3) is 0 Å². The molecule has 1 aliphatic rings. The molecule has 14 heavy (non-hydrogen) atoms. The fourth-order valence-electron chi connectivity index (χ4n) is 1.63. The summed E-state index contributed by atoms with van der Waals surface area (Å²) in [6.45, 7) is 2.09. The van der Waals surface area contributed by atoms with Crippen molar-refractivity contribution in [3.8, 4) is 5.75 Å². The van der Waals surface area contributed by atoms with E-state index in [1.54, 1.807) is 0 Å². The van der Waals surface area contributed by atoms with Crippen molar-refractivity contribution in [2.45, 2.75) is 18.9 Å². The van der Waals surface area contributed by atoms with Crippen LogP contribution in [0.5, 0.6) is 5.75 Å². The number of piperidine rings is 1. The van der Waals surface area contributed by atoms with E-state index in [0.29, 0.717) is 6.10 Å². The summed E-state index contributed by atoms with van der Waals surface area (Å²) >= 11 is 3.40. The zero-order valence-corrected chi connectivity index (χ0v) is 9.59. The minimum atomic E-state index is 0.338. The van der Waals surface area contributed by atoms with Gasteiger partial charge in [0.1, 0.15) is 11.9 Å². The van der Waals surface area contributed by atoms with E-state index < -0.39 is 0 Å². The summed E-state index contributed by atoms with van der Waals surface area (Å²) in [5, 5.41) is 3.33. The zero-order valence-electron chi connectivity index (χ0n) is 8.00. The highest BCUT2D eigenvalue weighted by Gasteiger charge is 2.13. The van der Waals surface area contributed by atoms with Gasteiger partial charge in [0, 0.05) is 11.0 Å². The number of nitrogens with one attached hydrogen (secondary N) is 1. The van der Waals surface area contributed by atoms with Crippen molar-refractivity contribution in [3.05, 3.63) is 28.7 Å². The molecule has 0 bridgehead atoms. The van der Waals surface area contributed by atoms with Gasteiger partial charge in [-0.05, 0) is 43.7 Å². The third kappa shape index (κ3) is 2.72. The van der Waals surface area contributed by atoms with Gasteiger partial charge in [0.05, 0.1) is 0 Å². The topological polar surface area (TPSA) is 21.3 Å². The third-order valence-corrected chi connectivity index (χ3v) is 2.90. The number of rotatable bonds is 2. The molecule has 1 heterocycles. The van der Waals surface area contributed by atoms with Crippen LogP contribution in [-0.4, -0.2) is 19.2 Å². The zero-order chi connectivity index (χ0) is 9.80. The standard InChI is InChI=1S/C11H14BrNO/c12-9-3-5-10(6-4-9)14-11-2-1-7-13-8-11/h3-6,11,13H,1-2,7-8H2. The van der Waals surface area contributed by atoms with E-state index in [1.807, 2.05) is 24.3 Å². The Kier molecular flexibility index (Phi) is 3.43. The van der Waals surface area contributed by atoms with Gasteiger partial charge >= 0.3 is 0 Å². The van der Waals surface area contributed by atoms with Crippen LogP contribution in [0.1, 0.15) is 12.8 Å². The highest BCUT2D eigenvalue weighted by atomic mass is 79.9. The molecule has 1 aliphatic heterocycles. The number of halogens is 1. The van der Waals surface area contributed by atoms with E-state index in [9.17, 15) is 0 Å². The molecule has 1 N–H and O–H groups in total. The van der Waals surface area contributed by atoms with Gasteiger partial charge in [-0.1, -0.05) is 15.9 Å². The molecular formula is C11H14BrNO. The Hall–Kier alpha value is -0.540. The van der Waals surface area contributed by atoms with E-state index in [1.165, 1.54) is 6.42 Å².